The smallest absolute Gasteiger partial charge is 0.220 e. The summed E-state index contributed by atoms with van der Waals surface area (Å²) in [6.07, 6.45) is 56.8. The van der Waals surface area contributed by atoms with Gasteiger partial charge in [-0.1, -0.05) is 327 Å². The minimum absolute atomic E-state index is 0.241. The van der Waals surface area contributed by atoms with E-state index in [1.807, 2.05) is 6.08 Å². The average Bonchev–Trinajstić information content (AvgIpc) is 2.33. The molecular weight excluding hydrogens is 1100 g/mol. The molecule has 2 saturated heterocycles. The normalized spacial score (nSPS) is 23.3. The number of aliphatic hydroxyl groups is 8. The van der Waals surface area contributed by atoms with Crippen LogP contribution in [0.15, 0.2) is 24.3 Å². The SMILES string of the molecule is CCCCCCCCCCCCCCCCCCCCCCCCCC/C=C/CC/C=C/C(O)C(COC1OC(CO)C(OC2OC(CO)C(O)C(O)C2O)C(O)C1O)NC(=O)CCCCCCCCCCCCCCCCCCCCCCCCC. The quantitative estimate of drug-likeness (QED) is 0.0204. The Morgan fingerprint density at radius 2 is 0.736 bits per heavy atom. The van der Waals surface area contributed by atoms with E-state index in [9.17, 15) is 45.6 Å². The summed E-state index contributed by atoms with van der Waals surface area (Å²) in [5, 5.41) is 87.5. The number of carbonyl (C=O) groups excluding carboxylic acids is 1. The molecule has 0 spiro atoms. The first-order chi connectivity index (χ1) is 42.6. The van der Waals surface area contributed by atoms with Crippen LogP contribution in [0.3, 0.4) is 0 Å². The fourth-order valence-corrected chi connectivity index (χ4v) is 12.5. The Balaban J connectivity index is 1.67. The monoisotopic (exact) mass is 1240 g/mol. The Morgan fingerprint density at radius 3 is 1.13 bits per heavy atom. The Morgan fingerprint density at radius 1 is 0.402 bits per heavy atom. The standard InChI is InChI=1S/C73H139NO13/c1-3-5-7-9-11-13-15-17-19-21-23-25-27-28-29-30-31-32-33-35-36-38-40-42-44-46-48-50-52-54-56-62(77)61(60-84-72-70(83)68(81)71(64(59-76)86-72)87-73-69(82)67(80)66(79)63(58-75)85-73)74-65(78)57-55-53-51-49-47-45-43-41-39-37-34-26-24-22-20-18-16-14-12-10-8-6-4-2/h46,48,54,56,61-64,66-73,75-77,79-83H,3-45,47,49-53,55,57-60H2,1-2H3,(H,74,78)/b48-46+,56-54+. The van der Waals surface area contributed by atoms with Gasteiger partial charge < -0.3 is 65.1 Å². The first-order valence-electron chi connectivity index (χ1n) is 37.1. The van der Waals surface area contributed by atoms with Gasteiger partial charge in [0.1, 0.15) is 48.8 Å². The van der Waals surface area contributed by atoms with Gasteiger partial charge in [0.15, 0.2) is 12.6 Å². The molecule has 1 amide bonds. The fraction of sp³-hybridized carbons (Fsp3) is 0.932. The second-order valence-electron chi connectivity index (χ2n) is 26.4. The molecule has 0 aromatic heterocycles. The second kappa shape index (κ2) is 58.3. The highest BCUT2D eigenvalue weighted by molar-refractivity contribution is 5.76. The molecule has 0 aromatic carbocycles. The van der Waals surface area contributed by atoms with Crippen LogP contribution in [0.25, 0.3) is 0 Å². The number of carbonyl (C=O) groups is 1. The maximum Gasteiger partial charge on any atom is 0.220 e. The first kappa shape index (κ1) is 81.6. The molecule has 87 heavy (non-hydrogen) atoms. The van der Waals surface area contributed by atoms with Crippen molar-refractivity contribution in [2.75, 3.05) is 19.8 Å². The van der Waals surface area contributed by atoms with E-state index in [0.29, 0.717) is 12.8 Å². The van der Waals surface area contributed by atoms with Crippen molar-refractivity contribution in [3.05, 3.63) is 24.3 Å². The van der Waals surface area contributed by atoms with Crippen LogP contribution in [0.1, 0.15) is 341 Å². The van der Waals surface area contributed by atoms with Crippen LogP contribution in [0.5, 0.6) is 0 Å². The van der Waals surface area contributed by atoms with E-state index in [-0.39, 0.29) is 18.9 Å². The van der Waals surface area contributed by atoms with E-state index in [0.717, 1.165) is 32.1 Å². The highest BCUT2D eigenvalue weighted by atomic mass is 16.7. The molecule has 2 rings (SSSR count). The number of hydrogen-bond donors (Lipinski definition) is 9. The predicted molar refractivity (Wildman–Crippen MR) is 355 cm³/mol. The van der Waals surface area contributed by atoms with Gasteiger partial charge in [-0.25, -0.2) is 0 Å². The minimum atomic E-state index is -1.79. The molecule has 0 aliphatic carbocycles. The highest BCUT2D eigenvalue weighted by Gasteiger charge is 2.51. The molecule has 514 valence electrons. The molecule has 0 bridgehead atoms. The molecule has 12 atom stereocenters. The third-order valence-electron chi connectivity index (χ3n) is 18.4. The number of aliphatic hydroxyl groups excluding tert-OH is 8. The van der Waals surface area contributed by atoms with Crippen molar-refractivity contribution in [1.82, 2.24) is 5.32 Å². The predicted octanol–water partition coefficient (Wildman–Crippen LogP) is 15.5. The summed E-state index contributed by atoms with van der Waals surface area (Å²) < 4.78 is 22.9. The molecule has 0 saturated carbocycles. The molecule has 0 radical (unpaired) electrons. The van der Waals surface area contributed by atoms with Gasteiger partial charge in [-0.2, -0.15) is 0 Å². The zero-order valence-corrected chi connectivity index (χ0v) is 56.0. The Bertz CT molecular complexity index is 1550. The van der Waals surface area contributed by atoms with Crippen molar-refractivity contribution < 1.29 is 64.6 Å². The zero-order chi connectivity index (χ0) is 63.1. The van der Waals surface area contributed by atoms with Gasteiger partial charge in [-0.05, 0) is 32.1 Å². The molecule has 14 nitrogen and oxygen atoms in total. The second-order valence-corrected chi connectivity index (χ2v) is 26.4. The van der Waals surface area contributed by atoms with Crippen LogP contribution in [-0.4, -0.2) is 140 Å². The molecular formula is C73H139NO13. The van der Waals surface area contributed by atoms with Crippen molar-refractivity contribution in [2.24, 2.45) is 0 Å². The Hall–Kier alpha value is -1.53. The summed E-state index contributed by atoms with van der Waals surface area (Å²) in [4.78, 5) is 13.3. The van der Waals surface area contributed by atoms with Crippen LogP contribution in [0, 0.1) is 0 Å². The van der Waals surface area contributed by atoms with Crippen molar-refractivity contribution in [3.63, 3.8) is 0 Å². The third-order valence-corrected chi connectivity index (χ3v) is 18.4. The van der Waals surface area contributed by atoms with E-state index in [1.165, 1.54) is 276 Å². The number of hydrogen-bond acceptors (Lipinski definition) is 13. The van der Waals surface area contributed by atoms with Crippen LogP contribution in [0.2, 0.25) is 0 Å². The summed E-state index contributed by atoms with van der Waals surface area (Å²) >= 11 is 0. The summed E-state index contributed by atoms with van der Waals surface area (Å²) in [5.74, 6) is -0.241. The summed E-state index contributed by atoms with van der Waals surface area (Å²) in [7, 11) is 0. The number of unbranched alkanes of at least 4 members (excludes halogenated alkanes) is 47. The molecule has 2 fully saturated rings. The molecule has 14 heteroatoms. The van der Waals surface area contributed by atoms with E-state index >= 15 is 0 Å². The van der Waals surface area contributed by atoms with Gasteiger partial charge in [0, 0.05) is 6.42 Å². The zero-order valence-electron chi connectivity index (χ0n) is 56.0. The van der Waals surface area contributed by atoms with Crippen LogP contribution in [0.4, 0.5) is 0 Å². The van der Waals surface area contributed by atoms with Crippen LogP contribution in [-0.2, 0) is 23.7 Å². The number of amides is 1. The minimum Gasteiger partial charge on any atom is -0.394 e. The third kappa shape index (κ3) is 42.4. The van der Waals surface area contributed by atoms with E-state index < -0.39 is 86.8 Å². The van der Waals surface area contributed by atoms with E-state index in [4.69, 9.17) is 18.9 Å². The summed E-state index contributed by atoms with van der Waals surface area (Å²) in [6, 6.07) is -0.930. The molecule has 12 unspecified atom stereocenters. The molecule has 2 aliphatic heterocycles. The maximum atomic E-state index is 13.3. The van der Waals surface area contributed by atoms with Crippen molar-refractivity contribution in [1.29, 1.82) is 0 Å². The Kier molecular flexibility index (Phi) is 54.7. The van der Waals surface area contributed by atoms with Crippen molar-refractivity contribution in [3.8, 4) is 0 Å². The van der Waals surface area contributed by atoms with Gasteiger partial charge in [-0.3, -0.25) is 4.79 Å². The molecule has 2 aliphatic rings. The van der Waals surface area contributed by atoms with Gasteiger partial charge in [0.05, 0.1) is 32.0 Å². The van der Waals surface area contributed by atoms with Crippen LogP contribution < -0.4 is 5.32 Å². The number of allylic oxidation sites excluding steroid dienone is 3. The van der Waals surface area contributed by atoms with Gasteiger partial charge >= 0.3 is 0 Å². The van der Waals surface area contributed by atoms with Crippen LogP contribution >= 0.6 is 0 Å². The summed E-state index contributed by atoms with van der Waals surface area (Å²) in [5.41, 5.74) is 0. The van der Waals surface area contributed by atoms with E-state index in [1.54, 1.807) is 6.08 Å². The largest absolute Gasteiger partial charge is 0.394 e. The van der Waals surface area contributed by atoms with Gasteiger partial charge in [0.25, 0.3) is 0 Å². The summed E-state index contributed by atoms with van der Waals surface area (Å²) in [6.45, 7) is 2.85. The van der Waals surface area contributed by atoms with Gasteiger partial charge in [-0.15, -0.1) is 0 Å². The fourth-order valence-electron chi connectivity index (χ4n) is 12.5. The van der Waals surface area contributed by atoms with Crippen molar-refractivity contribution >= 4 is 5.91 Å². The topological polar surface area (TPSA) is 228 Å². The molecule has 0 aromatic rings. The molecule has 9 N–H and O–H groups in total. The number of nitrogens with one attached hydrogen (secondary N) is 1. The Labute approximate surface area is 532 Å². The average molecular weight is 1240 g/mol. The number of ether oxygens (including phenoxy) is 4. The number of rotatable bonds is 62. The highest BCUT2D eigenvalue weighted by Crippen LogP contribution is 2.30. The first-order valence-corrected chi connectivity index (χ1v) is 37.1. The maximum absolute atomic E-state index is 13.3. The van der Waals surface area contributed by atoms with Gasteiger partial charge in [0.2, 0.25) is 5.91 Å². The van der Waals surface area contributed by atoms with E-state index in [2.05, 4.69) is 31.3 Å². The molecule has 2 heterocycles. The lowest BCUT2D eigenvalue weighted by atomic mass is 9.97. The lowest BCUT2D eigenvalue weighted by molar-refractivity contribution is -0.359. The lowest BCUT2D eigenvalue weighted by Gasteiger charge is -2.46. The lowest BCUT2D eigenvalue weighted by Crippen LogP contribution is -2.65. The van der Waals surface area contributed by atoms with Crippen molar-refractivity contribution in [2.45, 2.75) is 415 Å².